The topological polar surface area (TPSA) is 75.3 Å². The Labute approximate surface area is 175 Å². The normalized spacial score (nSPS) is 13.2. The molecule has 158 valence electrons. The Morgan fingerprint density at radius 2 is 1.67 bits per heavy atom. The van der Waals surface area contributed by atoms with Crippen molar-refractivity contribution in [2.75, 3.05) is 5.32 Å². The van der Waals surface area contributed by atoms with Gasteiger partial charge in [-0.1, -0.05) is 41.9 Å². The predicted octanol–water partition coefficient (Wildman–Crippen LogP) is 4.82. The van der Waals surface area contributed by atoms with Gasteiger partial charge in [0.25, 0.3) is 0 Å². The van der Waals surface area contributed by atoms with Crippen molar-refractivity contribution in [2.45, 2.75) is 24.0 Å². The van der Waals surface area contributed by atoms with E-state index in [-0.39, 0.29) is 9.92 Å². The summed E-state index contributed by atoms with van der Waals surface area (Å²) >= 11 is 5.61. The molecule has 0 heterocycles. The van der Waals surface area contributed by atoms with Crippen LogP contribution in [0.25, 0.3) is 10.8 Å². The SMILES string of the molecule is C[C@H](NS(=O)(=O)c1ccc2ccccc2c1)C(=O)Nc1ccc(Cl)cc1C(F)(F)F. The molecule has 0 bridgehead atoms. The number of hydrogen-bond donors (Lipinski definition) is 2. The summed E-state index contributed by atoms with van der Waals surface area (Å²) in [5.41, 5.74) is -1.65. The van der Waals surface area contributed by atoms with Crippen LogP contribution in [0.3, 0.4) is 0 Å². The summed E-state index contributed by atoms with van der Waals surface area (Å²) in [6.45, 7) is 1.23. The number of hydrogen-bond acceptors (Lipinski definition) is 3. The third kappa shape index (κ3) is 4.92. The van der Waals surface area contributed by atoms with E-state index in [1.54, 1.807) is 18.2 Å². The number of carbonyl (C=O) groups excluding carboxylic acids is 1. The number of alkyl halides is 3. The number of fused-ring (bicyclic) bond motifs is 1. The fourth-order valence-corrected chi connectivity index (χ4v) is 4.20. The average molecular weight is 457 g/mol. The zero-order valence-corrected chi connectivity index (χ0v) is 17.1. The Bertz CT molecular complexity index is 1210. The molecule has 0 saturated carbocycles. The number of amides is 1. The van der Waals surface area contributed by atoms with Crippen molar-refractivity contribution in [3.63, 3.8) is 0 Å². The van der Waals surface area contributed by atoms with Gasteiger partial charge >= 0.3 is 6.18 Å². The maximum absolute atomic E-state index is 13.2. The highest BCUT2D eigenvalue weighted by molar-refractivity contribution is 7.89. The van der Waals surface area contributed by atoms with E-state index in [0.29, 0.717) is 11.5 Å². The maximum atomic E-state index is 13.2. The van der Waals surface area contributed by atoms with Crippen molar-refractivity contribution >= 4 is 44.0 Å². The van der Waals surface area contributed by atoms with Crippen molar-refractivity contribution in [1.29, 1.82) is 0 Å². The van der Waals surface area contributed by atoms with Gasteiger partial charge in [0.05, 0.1) is 22.2 Å². The highest BCUT2D eigenvalue weighted by Crippen LogP contribution is 2.36. The first kappa shape index (κ1) is 22.1. The number of rotatable bonds is 5. The fourth-order valence-electron chi connectivity index (χ4n) is 2.79. The zero-order valence-electron chi connectivity index (χ0n) is 15.5. The van der Waals surface area contributed by atoms with Crippen LogP contribution in [0.15, 0.2) is 65.6 Å². The smallest absolute Gasteiger partial charge is 0.324 e. The van der Waals surface area contributed by atoms with Crippen LogP contribution in [0.5, 0.6) is 0 Å². The molecule has 0 aliphatic rings. The number of benzene rings is 3. The molecule has 0 fully saturated rings. The molecule has 0 saturated heterocycles. The monoisotopic (exact) mass is 456 g/mol. The standard InChI is InChI=1S/C20H16ClF3N2O3S/c1-12(19(27)25-18-9-7-15(21)11-17(18)20(22,23)24)26-30(28,29)16-8-6-13-4-2-3-5-14(13)10-16/h2-12,26H,1H3,(H,25,27)/t12-/m0/s1. The van der Waals surface area contributed by atoms with E-state index < -0.39 is 39.4 Å². The molecule has 3 rings (SSSR count). The minimum Gasteiger partial charge on any atom is -0.324 e. The van der Waals surface area contributed by atoms with Gasteiger partial charge in [-0.15, -0.1) is 0 Å². The van der Waals surface area contributed by atoms with Crippen LogP contribution in [0.4, 0.5) is 18.9 Å². The maximum Gasteiger partial charge on any atom is 0.418 e. The van der Waals surface area contributed by atoms with Crippen LogP contribution >= 0.6 is 11.6 Å². The van der Waals surface area contributed by atoms with Crippen molar-refractivity contribution in [3.05, 3.63) is 71.2 Å². The Hall–Kier alpha value is -2.62. The van der Waals surface area contributed by atoms with Gasteiger partial charge in [0.15, 0.2) is 0 Å². The molecule has 1 atom stereocenters. The number of sulfonamides is 1. The van der Waals surface area contributed by atoms with Crippen LogP contribution in [0, 0.1) is 0 Å². The van der Waals surface area contributed by atoms with E-state index in [0.717, 1.165) is 11.5 Å². The van der Waals surface area contributed by atoms with Gasteiger partial charge in [0.1, 0.15) is 0 Å². The molecule has 0 aromatic heterocycles. The molecule has 1 amide bonds. The van der Waals surface area contributed by atoms with E-state index in [1.807, 2.05) is 12.1 Å². The second kappa shape index (κ2) is 8.25. The fraction of sp³-hybridized carbons (Fsp3) is 0.150. The molecular formula is C20H16ClF3N2O3S. The number of carbonyl (C=O) groups is 1. The van der Waals surface area contributed by atoms with Crippen molar-refractivity contribution < 1.29 is 26.4 Å². The van der Waals surface area contributed by atoms with E-state index in [9.17, 15) is 26.4 Å². The largest absolute Gasteiger partial charge is 0.418 e. The molecule has 5 nitrogen and oxygen atoms in total. The molecule has 0 radical (unpaired) electrons. The van der Waals surface area contributed by atoms with Gasteiger partial charge in [-0.2, -0.15) is 17.9 Å². The van der Waals surface area contributed by atoms with Crippen molar-refractivity contribution in [3.8, 4) is 0 Å². The Balaban J connectivity index is 1.80. The van der Waals surface area contributed by atoms with Crippen LogP contribution in [-0.2, 0) is 21.0 Å². The molecule has 3 aromatic carbocycles. The third-order valence-corrected chi connectivity index (χ3v) is 6.07. The first-order valence-corrected chi connectivity index (χ1v) is 10.5. The lowest BCUT2D eigenvalue weighted by atomic mass is 10.1. The molecule has 0 unspecified atom stereocenters. The number of halogens is 4. The summed E-state index contributed by atoms with van der Waals surface area (Å²) in [6, 6.07) is 13.1. The van der Waals surface area contributed by atoms with Crippen LogP contribution in [0.2, 0.25) is 5.02 Å². The molecule has 10 heteroatoms. The van der Waals surface area contributed by atoms with E-state index in [4.69, 9.17) is 11.6 Å². The zero-order chi connectivity index (χ0) is 22.1. The van der Waals surface area contributed by atoms with E-state index >= 15 is 0 Å². The van der Waals surface area contributed by atoms with Crippen molar-refractivity contribution in [1.82, 2.24) is 4.72 Å². The van der Waals surface area contributed by atoms with Gasteiger partial charge in [0, 0.05) is 5.02 Å². The number of nitrogens with one attached hydrogen (secondary N) is 2. The molecule has 3 aromatic rings. The molecule has 2 N–H and O–H groups in total. The lowest BCUT2D eigenvalue weighted by molar-refractivity contribution is -0.137. The molecule has 0 aliphatic carbocycles. The quantitative estimate of drug-likeness (QED) is 0.578. The third-order valence-electron chi connectivity index (χ3n) is 4.30. The molecule has 30 heavy (non-hydrogen) atoms. The molecule has 0 spiro atoms. The van der Waals surface area contributed by atoms with Crippen LogP contribution in [-0.4, -0.2) is 20.4 Å². The second-order valence-corrected chi connectivity index (χ2v) is 8.68. The van der Waals surface area contributed by atoms with Crippen LogP contribution < -0.4 is 10.0 Å². The molecular weight excluding hydrogens is 441 g/mol. The summed E-state index contributed by atoms with van der Waals surface area (Å²) in [6.07, 6.45) is -4.75. The second-order valence-electron chi connectivity index (χ2n) is 6.53. The highest BCUT2D eigenvalue weighted by atomic mass is 35.5. The summed E-state index contributed by atoms with van der Waals surface area (Å²) in [4.78, 5) is 12.3. The van der Waals surface area contributed by atoms with Gasteiger partial charge in [-0.25, -0.2) is 8.42 Å². The average Bonchev–Trinajstić information content (AvgIpc) is 2.67. The Kier molecular flexibility index (Phi) is 6.07. The van der Waals surface area contributed by atoms with Gasteiger partial charge in [-0.3, -0.25) is 4.79 Å². The van der Waals surface area contributed by atoms with E-state index in [1.165, 1.54) is 25.1 Å². The Morgan fingerprint density at radius 1 is 1.00 bits per heavy atom. The number of anilines is 1. The van der Waals surface area contributed by atoms with Gasteiger partial charge in [-0.05, 0) is 48.0 Å². The predicted molar refractivity (Wildman–Crippen MR) is 109 cm³/mol. The summed E-state index contributed by atoms with van der Waals surface area (Å²) in [5.74, 6) is -0.952. The summed E-state index contributed by atoms with van der Waals surface area (Å²) < 4.78 is 67.0. The van der Waals surface area contributed by atoms with Crippen LogP contribution in [0.1, 0.15) is 12.5 Å². The van der Waals surface area contributed by atoms with Crippen molar-refractivity contribution in [2.24, 2.45) is 0 Å². The van der Waals surface area contributed by atoms with Gasteiger partial charge in [0.2, 0.25) is 15.9 Å². The first-order chi connectivity index (χ1) is 14.0. The first-order valence-electron chi connectivity index (χ1n) is 8.66. The summed E-state index contributed by atoms with van der Waals surface area (Å²) in [5, 5.41) is 3.48. The summed E-state index contributed by atoms with van der Waals surface area (Å²) in [7, 11) is -4.09. The van der Waals surface area contributed by atoms with Gasteiger partial charge < -0.3 is 5.32 Å². The lowest BCUT2D eigenvalue weighted by Gasteiger charge is -2.18. The Morgan fingerprint density at radius 3 is 2.33 bits per heavy atom. The lowest BCUT2D eigenvalue weighted by Crippen LogP contribution is -2.41. The molecule has 0 aliphatic heterocycles. The van der Waals surface area contributed by atoms with E-state index in [2.05, 4.69) is 10.0 Å². The minimum atomic E-state index is -4.75. The highest BCUT2D eigenvalue weighted by Gasteiger charge is 2.34. The minimum absolute atomic E-state index is 0.0664.